The van der Waals surface area contributed by atoms with E-state index in [0.717, 1.165) is 28.1 Å². The molecule has 3 rings (SSSR count). The molecule has 0 saturated carbocycles. The number of allylic oxidation sites excluding steroid dienone is 2. The normalized spacial score (nSPS) is 16.0. The van der Waals surface area contributed by atoms with Crippen molar-refractivity contribution in [3.05, 3.63) is 71.8 Å². The lowest BCUT2D eigenvalue weighted by Gasteiger charge is -2.07. The first-order valence-corrected chi connectivity index (χ1v) is 6.78. The third-order valence-corrected chi connectivity index (χ3v) is 3.58. The Balaban J connectivity index is 1.90. The summed E-state index contributed by atoms with van der Waals surface area (Å²) in [5.41, 5.74) is 10.1. The third-order valence-electron chi connectivity index (χ3n) is 3.58. The molecule has 1 aliphatic heterocycles. The molecule has 0 bridgehead atoms. The highest BCUT2D eigenvalue weighted by Gasteiger charge is 2.28. The number of rotatable bonds is 2. The maximum atomic E-state index is 12.3. The summed E-state index contributed by atoms with van der Waals surface area (Å²) in [6, 6.07) is 15.4. The molecule has 0 spiro atoms. The molecule has 0 saturated heterocycles. The molecule has 0 atom stereocenters. The molecule has 0 radical (unpaired) electrons. The Bertz CT molecular complexity index is 742. The molecule has 3 nitrogen and oxygen atoms in total. The summed E-state index contributed by atoms with van der Waals surface area (Å²) in [6.07, 6.45) is 5.72. The van der Waals surface area contributed by atoms with Gasteiger partial charge in [0.25, 0.3) is 5.91 Å². The molecule has 21 heavy (non-hydrogen) atoms. The first-order valence-electron chi connectivity index (χ1n) is 6.78. The Morgan fingerprint density at radius 1 is 1.05 bits per heavy atom. The number of amides is 1. The lowest BCUT2D eigenvalue weighted by Crippen LogP contribution is -2.20. The molecule has 0 aromatic heterocycles. The second-order valence-corrected chi connectivity index (χ2v) is 4.99. The zero-order valence-corrected chi connectivity index (χ0v) is 11.8. The van der Waals surface area contributed by atoms with Crippen LogP contribution in [0.4, 0.5) is 11.4 Å². The fraction of sp³-hybridized carbons (Fsp3) is 0.0556. The highest BCUT2D eigenvalue weighted by Crippen LogP contribution is 2.35. The van der Waals surface area contributed by atoms with E-state index in [4.69, 9.17) is 5.73 Å². The number of para-hydroxylation sites is 1. The monoisotopic (exact) mass is 276 g/mol. The van der Waals surface area contributed by atoms with Crippen LogP contribution in [0.5, 0.6) is 0 Å². The predicted molar refractivity (Wildman–Crippen MR) is 87.7 cm³/mol. The molecule has 104 valence electrons. The zero-order chi connectivity index (χ0) is 14.8. The van der Waals surface area contributed by atoms with Gasteiger partial charge < -0.3 is 10.6 Å². The molecule has 0 fully saturated rings. The number of benzene rings is 2. The van der Waals surface area contributed by atoms with Crippen LogP contribution in [0.25, 0.3) is 11.6 Å². The smallest absolute Gasteiger partial charge is 0.258 e. The maximum Gasteiger partial charge on any atom is 0.258 e. The van der Waals surface area contributed by atoms with Crippen LogP contribution in [0.1, 0.15) is 11.1 Å². The van der Waals surface area contributed by atoms with Crippen molar-refractivity contribution in [3.63, 3.8) is 0 Å². The average Bonchev–Trinajstić information content (AvgIpc) is 2.75. The quantitative estimate of drug-likeness (QED) is 0.675. The highest BCUT2D eigenvalue weighted by atomic mass is 16.2. The number of carbonyl (C=O) groups excluding carboxylic acids is 1. The van der Waals surface area contributed by atoms with Crippen molar-refractivity contribution >= 4 is 28.9 Å². The van der Waals surface area contributed by atoms with Crippen LogP contribution in [-0.4, -0.2) is 13.0 Å². The summed E-state index contributed by atoms with van der Waals surface area (Å²) < 4.78 is 0. The van der Waals surface area contributed by atoms with Crippen LogP contribution in [0.2, 0.25) is 0 Å². The number of nitrogens with zero attached hydrogens (tertiary/aromatic N) is 1. The van der Waals surface area contributed by atoms with Crippen LogP contribution in [0.3, 0.4) is 0 Å². The van der Waals surface area contributed by atoms with Crippen molar-refractivity contribution < 1.29 is 4.79 Å². The molecule has 2 aromatic rings. The fourth-order valence-corrected chi connectivity index (χ4v) is 2.42. The maximum absolute atomic E-state index is 12.3. The van der Waals surface area contributed by atoms with Gasteiger partial charge in [0.15, 0.2) is 0 Å². The van der Waals surface area contributed by atoms with Crippen molar-refractivity contribution in [1.29, 1.82) is 0 Å². The lowest BCUT2D eigenvalue weighted by molar-refractivity contribution is -0.112. The number of likely N-dealkylation sites (N-methyl/N-ethyl adjacent to an activating group) is 1. The van der Waals surface area contributed by atoms with E-state index in [1.54, 1.807) is 11.9 Å². The van der Waals surface area contributed by atoms with Gasteiger partial charge in [-0.25, -0.2) is 0 Å². The van der Waals surface area contributed by atoms with Gasteiger partial charge in [0.05, 0.1) is 5.69 Å². The van der Waals surface area contributed by atoms with Crippen molar-refractivity contribution in [2.45, 2.75) is 0 Å². The minimum Gasteiger partial charge on any atom is -0.399 e. The topological polar surface area (TPSA) is 46.3 Å². The highest BCUT2D eigenvalue weighted by molar-refractivity contribution is 6.32. The number of carbonyl (C=O) groups is 1. The fourth-order valence-electron chi connectivity index (χ4n) is 2.42. The number of hydrogen-bond donors (Lipinski definition) is 1. The number of nitrogen functional groups attached to an aromatic ring is 1. The first kappa shape index (κ1) is 13.2. The molecule has 2 N–H and O–H groups in total. The summed E-state index contributed by atoms with van der Waals surface area (Å²) >= 11 is 0. The van der Waals surface area contributed by atoms with E-state index in [0.29, 0.717) is 0 Å². The van der Waals surface area contributed by atoms with Crippen LogP contribution >= 0.6 is 0 Å². The molecule has 0 unspecified atom stereocenters. The molecule has 1 aliphatic rings. The van der Waals surface area contributed by atoms with Gasteiger partial charge in [-0.1, -0.05) is 42.5 Å². The summed E-state index contributed by atoms with van der Waals surface area (Å²) in [4.78, 5) is 13.9. The SMILES string of the molecule is CN1C(=O)/C(=C/C=C/c2ccc(N)cc2)c2ccccc21. The van der Waals surface area contributed by atoms with Gasteiger partial charge in [0.1, 0.15) is 0 Å². The number of hydrogen-bond acceptors (Lipinski definition) is 2. The van der Waals surface area contributed by atoms with E-state index < -0.39 is 0 Å². The Morgan fingerprint density at radius 3 is 2.52 bits per heavy atom. The molecular weight excluding hydrogens is 260 g/mol. The van der Waals surface area contributed by atoms with E-state index in [9.17, 15) is 4.79 Å². The standard InChI is InChI=1S/C18H16N2O/c1-20-17-8-3-2-6-15(17)16(18(20)21)7-4-5-13-9-11-14(19)12-10-13/h2-12H,19H2,1H3/b5-4+,16-7+. The van der Waals surface area contributed by atoms with Gasteiger partial charge in [-0.2, -0.15) is 0 Å². The molecule has 1 amide bonds. The van der Waals surface area contributed by atoms with Gasteiger partial charge in [-0.3, -0.25) is 4.79 Å². The zero-order valence-electron chi connectivity index (χ0n) is 11.8. The molecule has 3 heteroatoms. The Labute approximate surface area is 124 Å². The first-order chi connectivity index (χ1) is 10.2. The van der Waals surface area contributed by atoms with Crippen molar-refractivity contribution in [2.75, 3.05) is 17.7 Å². The van der Waals surface area contributed by atoms with E-state index >= 15 is 0 Å². The van der Waals surface area contributed by atoms with Gasteiger partial charge in [-0.15, -0.1) is 0 Å². The van der Waals surface area contributed by atoms with Gasteiger partial charge in [0, 0.05) is 23.9 Å². The minimum atomic E-state index is 0.0261. The van der Waals surface area contributed by atoms with Gasteiger partial charge in [0.2, 0.25) is 0 Å². The van der Waals surface area contributed by atoms with E-state index in [1.165, 1.54) is 0 Å². The van der Waals surface area contributed by atoms with Crippen molar-refractivity contribution in [2.24, 2.45) is 0 Å². The van der Waals surface area contributed by atoms with Crippen LogP contribution in [-0.2, 0) is 4.79 Å². The summed E-state index contributed by atoms with van der Waals surface area (Å²) in [6.45, 7) is 0. The van der Waals surface area contributed by atoms with Crippen LogP contribution in [0.15, 0.2) is 60.7 Å². The lowest BCUT2D eigenvalue weighted by atomic mass is 10.1. The minimum absolute atomic E-state index is 0.0261. The Kier molecular flexibility index (Phi) is 3.32. The molecule has 2 aromatic carbocycles. The van der Waals surface area contributed by atoms with E-state index in [2.05, 4.69) is 0 Å². The Hall–Kier alpha value is -2.81. The van der Waals surface area contributed by atoms with E-state index in [-0.39, 0.29) is 5.91 Å². The number of nitrogens with two attached hydrogens (primary N) is 1. The van der Waals surface area contributed by atoms with Gasteiger partial charge in [-0.05, 0) is 29.8 Å². The van der Waals surface area contributed by atoms with Gasteiger partial charge >= 0.3 is 0 Å². The van der Waals surface area contributed by atoms with E-state index in [1.807, 2.05) is 66.8 Å². The number of fused-ring (bicyclic) bond motifs is 1. The van der Waals surface area contributed by atoms with Crippen molar-refractivity contribution in [3.8, 4) is 0 Å². The van der Waals surface area contributed by atoms with Crippen LogP contribution in [0, 0.1) is 0 Å². The molecule has 0 aliphatic carbocycles. The average molecular weight is 276 g/mol. The second kappa shape index (κ2) is 5.29. The second-order valence-electron chi connectivity index (χ2n) is 4.99. The third kappa shape index (κ3) is 2.46. The molecule has 1 heterocycles. The predicted octanol–water partition coefficient (Wildman–Crippen LogP) is 3.34. The largest absolute Gasteiger partial charge is 0.399 e. The summed E-state index contributed by atoms with van der Waals surface area (Å²) in [7, 11) is 1.80. The number of anilines is 2. The summed E-state index contributed by atoms with van der Waals surface area (Å²) in [5, 5.41) is 0. The summed E-state index contributed by atoms with van der Waals surface area (Å²) in [5.74, 6) is 0.0261. The van der Waals surface area contributed by atoms with Crippen LogP contribution < -0.4 is 10.6 Å². The van der Waals surface area contributed by atoms with Crippen molar-refractivity contribution in [1.82, 2.24) is 0 Å². The Morgan fingerprint density at radius 2 is 1.76 bits per heavy atom. The molecular formula is C18H16N2O.